The molecule has 0 radical (unpaired) electrons. The molecule has 0 spiro atoms. The zero-order chi connectivity index (χ0) is 12.3. The Hall–Kier alpha value is -1.47. The van der Waals surface area contributed by atoms with Crippen LogP contribution >= 0.6 is 0 Å². The fourth-order valence-corrected chi connectivity index (χ4v) is 1.99. The number of benzene rings is 1. The summed E-state index contributed by atoms with van der Waals surface area (Å²) in [5.74, 6) is -0.450. The second-order valence-electron chi connectivity index (χ2n) is 3.46. The first-order chi connectivity index (χ1) is 7.29. The normalized spacial score (nSPS) is 13.4. The highest BCUT2D eigenvalue weighted by Crippen LogP contribution is 2.20. The topological polar surface area (TPSA) is 97.5 Å². The third kappa shape index (κ3) is 3.59. The summed E-state index contributed by atoms with van der Waals surface area (Å²) in [6.45, 7) is 0. The number of aliphatic hydroxyl groups is 1. The third-order valence-electron chi connectivity index (χ3n) is 1.93. The number of nitro benzene ring substituents is 1. The van der Waals surface area contributed by atoms with Crippen LogP contribution in [0.3, 0.4) is 0 Å². The molecule has 0 saturated carbocycles. The standard InChI is InChI=1S/C9H11NO5S/c1-16(14,15)6-9(11)7-3-2-4-8(5-7)10(12)13/h2-5,9,11H,6H2,1H3/t9-/m0/s1. The van der Waals surface area contributed by atoms with Crippen LogP contribution in [0.25, 0.3) is 0 Å². The van der Waals surface area contributed by atoms with E-state index in [1.807, 2.05) is 0 Å². The molecule has 0 heterocycles. The van der Waals surface area contributed by atoms with Gasteiger partial charge in [0, 0.05) is 18.4 Å². The summed E-state index contributed by atoms with van der Waals surface area (Å²) in [7, 11) is -3.32. The summed E-state index contributed by atoms with van der Waals surface area (Å²) in [6, 6.07) is 5.29. The van der Waals surface area contributed by atoms with E-state index >= 15 is 0 Å². The molecular formula is C9H11NO5S. The Morgan fingerprint density at radius 3 is 2.62 bits per heavy atom. The fourth-order valence-electron chi connectivity index (χ4n) is 1.23. The van der Waals surface area contributed by atoms with Crippen LogP contribution in [0.5, 0.6) is 0 Å². The van der Waals surface area contributed by atoms with Gasteiger partial charge in [-0.3, -0.25) is 10.1 Å². The quantitative estimate of drug-likeness (QED) is 0.621. The molecule has 0 fully saturated rings. The second kappa shape index (κ2) is 4.58. The Morgan fingerprint density at radius 1 is 1.50 bits per heavy atom. The van der Waals surface area contributed by atoms with Crippen molar-refractivity contribution in [2.24, 2.45) is 0 Å². The van der Waals surface area contributed by atoms with Gasteiger partial charge in [0.05, 0.1) is 16.8 Å². The Labute approximate surface area is 92.6 Å². The van der Waals surface area contributed by atoms with Gasteiger partial charge in [-0.25, -0.2) is 8.42 Å². The van der Waals surface area contributed by atoms with E-state index in [4.69, 9.17) is 0 Å². The smallest absolute Gasteiger partial charge is 0.269 e. The molecular weight excluding hydrogens is 234 g/mol. The Morgan fingerprint density at radius 2 is 2.12 bits per heavy atom. The maximum absolute atomic E-state index is 10.9. The SMILES string of the molecule is CS(=O)(=O)C[C@H](O)c1cccc([N+](=O)[O-])c1. The molecule has 6 nitrogen and oxygen atoms in total. The van der Waals surface area contributed by atoms with Crippen molar-refractivity contribution in [1.82, 2.24) is 0 Å². The van der Waals surface area contributed by atoms with E-state index in [9.17, 15) is 23.6 Å². The van der Waals surface area contributed by atoms with Crippen molar-refractivity contribution in [2.45, 2.75) is 6.10 Å². The molecule has 7 heteroatoms. The first-order valence-electron chi connectivity index (χ1n) is 4.40. The summed E-state index contributed by atoms with van der Waals surface area (Å²) in [4.78, 5) is 9.87. The van der Waals surface area contributed by atoms with E-state index in [2.05, 4.69) is 0 Å². The molecule has 1 N–H and O–H groups in total. The van der Waals surface area contributed by atoms with Gasteiger partial charge in [-0.15, -0.1) is 0 Å². The first kappa shape index (κ1) is 12.6. The van der Waals surface area contributed by atoms with Gasteiger partial charge in [-0.05, 0) is 5.56 Å². The second-order valence-corrected chi connectivity index (χ2v) is 5.65. The lowest BCUT2D eigenvalue weighted by molar-refractivity contribution is -0.385. The molecule has 0 saturated heterocycles. The van der Waals surface area contributed by atoms with E-state index in [1.165, 1.54) is 18.2 Å². The van der Waals surface area contributed by atoms with Gasteiger partial charge in [-0.1, -0.05) is 12.1 Å². The fraction of sp³-hybridized carbons (Fsp3) is 0.333. The zero-order valence-corrected chi connectivity index (χ0v) is 9.35. The van der Waals surface area contributed by atoms with Crippen LogP contribution < -0.4 is 0 Å². The summed E-state index contributed by atoms with van der Waals surface area (Å²) in [5.41, 5.74) is 0.0460. The van der Waals surface area contributed by atoms with Gasteiger partial charge in [0.2, 0.25) is 0 Å². The van der Waals surface area contributed by atoms with Crippen LogP contribution in [0.1, 0.15) is 11.7 Å². The Balaban J connectivity index is 2.96. The minimum atomic E-state index is -3.32. The van der Waals surface area contributed by atoms with Crippen LogP contribution in [0, 0.1) is 10.1 Å². The minimum Gasteiger partial charge on any atom is -0.387 e. The van der Waals surface area contributed by atoms with Gasteiger partial charge in [0.25, 0.3) is 5.69 Å². The molecule has 0 aliphatic rings. The maximum atomic E-state index is 10.9. The van der Waals surface area contributed by atoms with Crippen LogP contribution in [0.4, 0.5) is 5.69 Å². The maximum Gasteiger partial charge on any atom is 0.269 e. The molecule has 1 atom stereocenters. The van der Waals surface area contributed by atoms with Crippen LogP contribution in [0.2, 0.25) is 0 Å². The highest BCUT2D eigenvalue weighted by molar-refractivity contribution is 7.90. The van der Waals surface area contributed by atoms with Gasteiger partial charge in [0.15, 0.2) is 0 Å². The van der Waals surface area contributed by atoms with Crippen molar-refractivity contribution in [3.8, 4) is 0 Å². The number of aliphatic hydroxyl groups excluding tert-OH is 1. The van der Waals surface area contributed by atoms with Crippen molar-refractivity contribution in [3.05, 3.63) is 39.9 Å². The number of rotatable bonds is 4. The molecule has 1 aromatic rings. The predicted octanol–water partition coefficient (Wildman–Crippen LogP) is 0.673. The summed E-state index contributed by atoms with van der Waals surface area (Å²) >= 11 is 0. The highest BCUT2D eigenvalue weighted by atomic mass is 32.2. The van der Waals surface area contributed by atoms with E-state index < -0.39 is 26.6 Å². The molecule has 88 valence electrons. The van der Waals surface area contributed by atoms with Crippen molar-refractivity contribution >= 4 is 15.5 Å². The molecule has 0 amide bonds. The molecule has 1 rings (SSSR count). The average molecular weight is 245 g/mol. The number of hydrogen-bond donors (Lipinski definition) is 1. The van der Waals surface area contributed by atoms with Gasteiger partial charge >= 0.3 is 0 Å². The van der Waals surface area contributed by atoms with Gasteiger partial charge in [-0.2, -0.15) is 0 Å². The van der Waals surface area contributed by atoms with Crippen molar-refractivity contribution < 1.29 is 18.4 Å². The van der Waals surface area contributed by atoms with Gasteiger partial charge < -0.3 is 5.11 Å². The van der Waals surface area contributed by atoms with Crippen molar-refractivity contribution in [3.63, 3.8) is 0 Å². The molecule has 1 aromatic carbocycles. The van der Waals surface area contributed by atoms with E-state index in [-0.39, 0.29) is 11.3 Å². The van der Waals surface area contributed by atoms with E-state index in [1.54, 1.807) is 0 Å². The number of nitro groups is 1. The summed E-state index contributed by atoms with van der Waals surface area (Å²) in [5, 5.41) is 20.0. The number of non-ortho nitro benzene ring substituents is 1. The van der Waals surface area contributed by atoms with Gasteiger partial charge in [0.1, 0.15) is 9.84 Å². The molecule has 0 aliphatic carbocycles. The summed E-state index contributed by atoms with van der Waals surface area (Å²) in [6.07, 6.45) is -0.247. The lowest BCUT2D eigenvalue weighted by Gasteiger charge is -2.08. The van der Waals surface area contributed by atoms with E-state index in [0.717, 1.165) is 12.3 Å². The minimum absolute atomic E-state index is 0.176. The lowest BCUT2D eigenvalue weighted by atomic mass is 10.1. The number of sulfone groups is 1. The molecule has 0 unspecified atom stereocenters. The first-order valence-corrected chi connectivity index (χ1v) is 6.46. The Bertz CT molecular complexity index is 496. The zero-order valence-electron chi connectivity index (χ0n) is 8.53. The number of hydrogen-bond acceptors (Lipinski definition) is 5. The largest absolute Gasteiger partial charge is 0.387 e. The molecule has 0 bridgehead atoms. The van der Waals surface area contributed by atoms with Crippen molar-refractivity contribution in [2.75, 3.05) is 12.0 Å². The number of nitrogens with zero attached hydrogens (tertiary/aromatic N) is 1. The van der Waals surface area contributed by atoms with E-state index in [0.29, 0.717) is 0 Å². The Kier molecular flexibility index (Phi) is 3.61. The molecule has 16 heavy (non-hydrogen) atoms. The molecule has 0 aromatic heterocycles. The summed E-state index contributed by atoms with van der Waals surface area (Å²) < 4.78 is 21.9. The molecule has 0 aliphatic heterocycles. The monoisotopic (exact) mass is 245 g/mol. The van der Waals surface area contributed by atoms with Crippen LogP contribution in [0.15, 0.2) is 24.3 Å². The van der Waals surface area contributed by atoms with Crippen molar-refractivity contribution in [1.29, 1.82) is 0 Å². The average Bonchev–Trinajstić information content (AvgIpc) is 2.15. The van der Waals surface area contributed by atoms with Crippen LogP contribution in [-0.2, 0) is 9.84 Å². The highest BCUT2D eigenvalue weighted by Gasteiger charge is 2.16. The third-order valence-corrected chi connectivity index (χ3v) is 2.85. The van der Waals surface area contributed by atoms with Crippen LogP contribution in [-0.4, -0.2) is 30.5 Å². The predicted molar refractivity (Wildman–Crippen MR) is 57.8 cm³/mol. The lowest BCUT2D eigenvalue weighted by Crippen LogP contribution is -2.12.